The van der Waals surface area contributed by atoms with Crippen LogP contribution >= 0.6 is 17.2 Å². The molecule has 4 aromatic rings. The molecule has 4 rings (SSSR count). The molecule has 0 N–H and O–H groups in total. The van der Waals surface area contributed by atoms with Crippen LogP contribution in [0.3, 0.4) is 0 Å². The molecule has 0 bridgehead atoms. The molecule has 0 spiro atoms. The predicted octanol–water partition coefficient (Wildman–Crippen LogP) is 4.07. The van der Waals surface area contributed by atoms with E-state index in [-0.39, 0.29) is 17.1 Å². The van der Waals surface area contributed by atoms with Crippen LogP contribution in [-0.4, -0.2) is 0 Å². The quantitative estimate of drug-likeness (QED) is 0.276. The van der Waals surface area contributed by atoms with Crippen molar-refractivity contribution in [1.29, 1.82) is 0 Å². The molecule has 132 valence electrons. The molecule has 0 heterocycles. The molecule has 25 heavy (non-hydrogen) atoms. The summed E-state index contributed by atoms with van der Waals surface area (Å²) in [4.78, 5) is 0. The zero-order chi connectivity index (χ0) is 16.6. The third-order valence-corrected chi connectivity index (χ3v) is 6.92. The van der Waals surface area contributed by atoms with Crippen molar-refractivity contribution in [3.05, 3.63) is 109 Å². The topological polar surface area (TPSA) is 0 Å². The molecule has 1 unspecified atom stereocenters. The minimum Gasteiger partial charge on any atom is -0.748 e. The van der Waals surface area contributed by atoms with Crippen molar-refractivity contribution in [1.82, 2.24) is 0 Å². The molecule has 0 radical (unpaired) electrons. The SMILES string of the molecule is P[c-]1cccc1P(c1ccccc1)c1ccccc1.[Fe].[cH-]1[cH-][cH-][cH-][cH-]1. The maximum Gasteiger partial charge on any atom is 0 e. The molecule has 0 amide bonds. The maximum absolute atomic E-state index is 2.86. The van der Waals surface area contributed by atoms with E-state index < -0.39 is 7.92 Å². The van der Waals surface area contributed by atoms with Crippen LogP contribution in [0, 0.1) is 0 Å². The van der Waals surface area contributed by atoms with Crippen LogP contribution in [0.2, 0.25) is 0 Å². The molecule has 0 saturated carbocycles. The van der Waals surface area contributed by atoms with Crippen LogP contribution in [0.1, 0.15) is 0 Å². The molecule has 0 saturated heterocycles. The van der Waals surface area contributed by atoms with Crippen molar-refractivity contribution in [2.45, 2.75) is 0 Å². The third kappa shape index (κ3) is 5.50. The van der Waals surface area contributed by atoms with Crippen molar-refractivity contribution in [2.75, 3.05) is 0 Å². The van der Waals surface area contributed by atoms with E-state index >= 15 is 0 Å². The fourth-order valence-electron chi connectivity index (χ4n) is 2.53. The number of benzene rings is 2. The van der Waals surface area contributed by atoms with Crippen LogP contribution in [0.5, 0.6) is 0 Å². The first-order valence-electron chi connectivity index (χ1n) is 7.94. The van der Waals surface area contributed by atoms with E-state index in [1.54, 1.807) is 0 Å². The largest absolute Gasteiger partial charge is 0.748 e. The zero-order valence-electron chi connectivity index (χ0n) is 13.8. The summed E-state index contributed by atoms with van der Waals surface area (Å²) in [5, 5.41) is 5.54. The van der Waals surface area contributed by atoms with Gasteiger partial charge in [0.15, 0.2) is 0 Å². The van der Waals surface area contributed by atoms with Crippen LogP contribution in [0.4, 0.5) is 0 Å². The summed E-state index contributed by atoms with van der Waals surface area (Å²) >= 11 is 0. The second-order valence-corrected chi connectivity index (χ2v) is 8.14. The molecule has 0 aromatic heterocycles. The smallest absolute Gasteiger partial charge is 0 e. The maximum atomic E-state index is 2.86. The van der Waals surface area contributed by atoms with Gasteiger partial charge >= 0.3 is 0 Å². The van der Waals surface area contributed by atoms with Gasteiger partial charge in [0.1, 0.15) is 0 Å². The Balaban J connectivity index is 0.000000325. The molecule has 1 atom stereocenters. The first kappa shape index (κ1) is 19.8. The molecule has 0 fully saturated rings. The van der Waals surface area contributed by atoms with Gasteiger partial charge in [-0.3, -0.25) is 0 Å². The number of rotatable bonds is 3. The molecular formula is C22H20FeP2-6. The van der Waals surface area contributed by atoms with Crippen LogP contribution in [-0.2, 0) is 17.1 Å². The first-order chi connectivity index (χ1) is 11.9. The second-order valence-electron chi connectivity index (χ2n) is 5.34. The Bertz CT molecular complexity index is 764. The van der Waals surface area contributed by atoms with Crippen molar-refractivity contribution in [3.63, 3.8) is 0 Å². The number of hydrogen-bond acceptors (Lipinski definition) is 0. The summed E-state index contributed by atoms with van der Waals surface area (Å²) in [7, 11) is 2.41. The van der Waals surface area contributed by atoms with Gasteiger partial charge in [-0.05, 0) is 18.5 Å². The summed E-state index contributed by atoms with van der Waals surface area (Å²) in [6, 6.07) is 38.1. The zero-order valence-corrected chi connectivity index (χ0v) is 16.9. The summed E-state index contributed by atoms with van der Waals surface area (Å²) in [6.45, 7) is 0. The average molecular weight is 402 g/mol. The molecule has 4 aromatic carbocycles. The van der Waals surface area contributed by atoms with Gasteiger partial charge in [-0.15, -0.1) is 10.6 Å². The molecule has 0 aliphatic rings. The molecule has 0 nitrogen and oxygen atoms in total. The van der Waals surface area contributed by atoms with Crippen molar-refractivity contribution in [3.8, 4) is 0 Å². The van der Waals surface area contributed by atoms with Gasteiger partial charge in [-0.25, -0.2) is 12.1 Å². The summed E-state index contributed by atoms with van der Waals surface area (Å²) in [5.41, 5.74) is 0. The van der Waals surface area contributed by atoms with E-state index in [9.17, 15) is 0 Å². The van der Waals surface area contributed by atoms with Gasteiger partial charge in [-0.2, -0.15) is 15.3 Å². The fourth-order valence-corrected chi connectivity index (χ4v) is 5.49. The Hall–Kier alpha value is -1.48. The molecule has 3 heteroatoms. The summed E-state index contributed by atoms with van der Waals surface area (Å²) < 4.78 is 0. The van der Waals surface area contributed by atoms with Crippen molar-refractivity contribution in [2.24, 2.45) is 0 Å². The first-order valence-corrected chi connectivity index (χ1v) is 9.86. The third-order valence-electron chi connectivity index (χ3n) is 3.65. The standard InChI is InChI=1S/C17H15P2.C5H5.Fe/c18-16-12-7-13-17(16)19(14-8-3-1-4-9-14)15-10-5-2-6-11-15;1-2-4-5-3-1;/h1-13H,18H2;1-5H;/q-1;-5;. The van der Waals surface area contributed by atoms with E-state index in [0.717, 1.165) is 0 Å². The Labute approximate surface area is 164 Å². The number of hydrogen-bond donors (Lipinski definition) is 0. The molecule has 0 aliphatic carbocycles. The monoisotopic (exact) mass is 402 g/mol. The Morgan fingerprint density at radius 1 is 0.640 bits per heavy atom. The van der Waals surface area contributed by atoms with Crippen molar-refractivity contribution < 1.29 is 17.1 Å². The Morgan fingerprint density at radius 3 is 1.44 bits per heavy atom. The Kier molecular flexibility index (Phi) is 8.33. The Morgan fingerprint density at radius 2 is 1.08 bits per heavy atom. The average Bonchev–Trinajstić information content (AvgIpc) is 3.33. The molecular weight excluding hydrogens is 382 g/mol. The van der Waals surface area contributed by atoms with E-state index in [1.807, 2.05) is 30.3 Å². The summed E-state index contributed by atoms with van der Waals surface area (Å²) in [5.74, 6) is 0. The van der Waals surface area contributed by atoms with Crippen LogP contribution < -0.4 is 21.2 Å². The second kappa shape index (κ2) is 10.5. The van der Waals surface area contributed by atoms with E-state index in [1.165, 1.54) is 21.2 Å². The minimum absolute atomic E-state index is 0. The van der Waals surface area contributed by atoms with Gasteiger partial charge in [0.25, 0.3) is 0 Å². The van der Waals surface area contributed by atoms with Gasteiger partial charge in [0, 0.05) is 17.1 Å². The van der Waals surface area contributed by atoms with Crippen LogP contribution in [0.15, 0.2) is 109 Å². The predicted molar refractivity (Wildman–Crippen MR) is 112 cm³/mol. The van der Waals surface area contributed by atoms with E-state index in [4.69, 9.17) is 0 Å². The van der Waals surface area contributed by atoms with Crippen molar-refractivity contribution >= 4 is 38.4 Å². The van der Waals surface area contributed by atoms with E-state index in [2.05, 4.69) is 88.1 Å². The fraction of sp³-hybridized carbons (Fsp3) is 0. The van der Waals surface area contributed by atoms with Gasteiger partial charge in [0.2, 0.25) is 0 Å². The van der Waals surface area contributed by atoms with Gasteiger partial charge in [0.05, 0.1) is 0 Å². The van der Waals surface area contributed by atoms with Crippen LogP contribution in [0.25, 0.3) is 0 Å². The van der Waals surface area contributed by atoms with Gasteiger partial charge in [-0.1, -0.05) is 60.7 Å². The molecule has 0 aliphatic heterocycles. The minimum atomic E-state index is -0.451. The van der Waals surface area contributed by atoms with E-state index in [0.29, 0.717) is 0 Å². The van der Waals surface area contributed by atoms with Gasteiger partial charge < -0.3 is 30.3 Å². The normalized spacial score (nSPS) is 9.84. The summed E-state index contributed by atoms with van der Waals surface area (Å²) in [6.07, 6.45) is 0.